The van der Waals surface area contributed by atoms with Gasteiger partial charge in [-0.3, -0.25) is 19.2 Å². The van der Waals surface area contributed by atoms with E-state index >= 15 is 0 Å². The molecular weight excluding hydrogens is 420 g/mol. The number of carbonyl (C=O) groups is 5. The third kappa shape index (κ3) is 7.65. The molecule has 1 aliphatic heterocycles. The molecule has 0 aromatic heterocycles. The SMILES string of the molecule is CC(NC(=O)C(CC(=O)O)NC(=O)C1CCCN1)C(=O)NC(Cc1ccccc1)C(=O)O. The summed E-state index contributed by atoms with van der Waals surface area (Å²) >= 11 is 0. The van der Waals surface area contributed by atoms with Crippen LogP contribution in [0.15, 0.2) is 30.3 Å². The molecule has 0 saturated carbocycles. The maximum Gasteiger partial charge on any atom is 0.326 e. The summed E-state index contributed by atoms with van der Waals surface area (Å²) in [4.78, 5) is 59.9. The predicted octanol–water partition coefficient (Wildman–Crippen LogP) is -0.985. The van der Waals surface area contributed by atoms with Gasteiger partial charge in [-0.2, -0.15) is 0 Å². The summed E-state index contributed by atoms with van der Waals surface area (Å²) in [7, 11) is 0. The average molecular weight is 448 g/mol. The first-order valence-corrected chi connectivity index (χ1v) is 10.3. The molecule has 6 N–H and O–H groups in total. The summed E-state index contributed by atoms with van der Waals surface area (Å²) in [5.74, 6) is -4.62. The average Bonchev–Trinajstić information content (AvgIpc) is 3.28. The Kier molecular flexibility index (Phi) is 9.14. The van der Waals surface area contributed by atoms with E-state index in [1.807, 2.05) is 0 Å². The van der Waals surface area contributed by atoms with E-state index < -0.39 is 60.2 Å². The molecule has 1 saturated heterocycles. The van der Waals surface area contributed by atoms with Gasteiger partial charge in [0.05, 0.1) is 12.5 Å². The molecule has 11 nitrogen and oxygen atoms in total. The molecule has 1 aliphatic rings. The number of hydrogen-bond donors (Lipinski definition) is 6. The fraction of sp³-hybridized carbons (Fsp3) is 0.476. The lowest BCUT2D eigenvalue weighted by Gasteiger charge is -2.22. The maximum atomic E-state index is 12.5. The first-order chi connectivity index (χ1) is 15.2. The number of nitrogens with one attached hydrogen (secondary N) is 4. The molecule has 2 rings (SSSR count). The van der Waals surface area contributed by atoms with Crippen molar-refractivity contribution in [2.45, 2.75) is 56.8 Å². The van der Waals surface area contributed by atoms with Crippen LogP contribution < -0.4 is 21.3 Å². The first-order valence-electron chi connectivity index (χ1n) is 10.3. The minimum atomic E-state index is -1.38. The smallest absolute Gasteiger partial charge is 0.326 e. The monoisotopic (exact) mass is 448 g/mol. The van der Waals surface area contributed by atoms with Crippen LogP contribution >= 0.6 is 0 Å². The topological polar surface area (TPSA) is 174 Å². The maximum absolute atomic E-state index is 12.5. The van der Waals surface area contributed by atoms with Gasteiger partial charge in [0.25, 0.3) is 0 Å². The van der Waals surface area contributed by atoms with E-state index in [2.05, 4.69) is 21.3 Å². The minimum Gasteiger partial charge on any atom is -0.481 e. The Hall–Kier alpha value is -3.47. The lowest BCUT2D eigenvalue weighted by Crippen LogP contribution is -2.56. The van der Waals surface area contributed by atoms with Crippen molar-refractivity contribution in [3.05, 3.63) is 35.9 Å². The summed E-state index contributed by atoms with van der Waals surface area (Å²) in [5.41, 5.74) is 0.710. The Balaban J connectivity index is 1.96. The van der Waals surface area contributed by atoms with Crippen molar-refractivity contribution in [3.63, 3.8) is 0 Å². The van der Waals surface area contributed by atoms with Gasteiger partial charge in [-0.15, -0.1) is 0 Å². The van der Waals surface area contributed by atoms with E-state index in [4.69, 9.17) is 5.11 Å². The fourth-order valence-electron chi connectivity index (χ4n) is 3.29. The number of amides is 3. The third-order valence-corrected chi connectivity index (χ3v) is 5.04. The number of carboxylic acid groups (broad SMARTS) is 2. The highest BCUT2D eigenvalue weighted by molar-refractivity contribution is 5.95. The second kappa shape index (κ2) is 11.8. The van der Waals surface area contributed by atoms with Gasteiger partial charge in [-0.25, -0.2) is 4.79 Å². The normalized spacial score (nSPS) is 18.1. The molecule has 174 valence electrons. The van der Waals surface area contributed by atoms with E-state index in [1.54, 1.807) is 30.3 Å². The van der Waals surface area contributed by atoms with Gasteiger partial charge in [0.2, 0.25) is 17.7 Å². The molecule has 0 bridgehead atoms. The molecule has 1 aromatic rings. The first kappa shape index (κ1) is 24.8. The Morgan fingerprint density at radius 2 is 1.69 bits per heavy atom. The highest BCUT2D eigenvalue weighted by atomic mass is 16.4. The number of benzene rings is 1. The summed E-state index contributed by atoms with van der Waals surface area (Å²) in [5, 5.41) is 28.6. The van der Waals surface area contributed by atoms with Crippen LogP contribution in [0.3, 0.4) is 0 Å². The molecule has 0 radical (unpaired) electrons. The largest absolute Gasteiger partial charge is 0.481 e. The van der Waals surface area contributed by atoms with Crippen LogP contribution in [0.2, 0.25) is 0 Å². The fourth-order valence-corrected chi connectivity index (χ4v) is 3.29. The van der Waals surface area contributed by atoms with Gasteiger partial charge in [0, 0.05) is 6.42 Å². The second-order valence-corrected chi connectivity index (χ2v) is 7.63. The highest BCUT2D eigenvalue weighted by Crippen LogP contribution is 2.07. The van der Waals surface area contributed by atoms with E-state index in [-0.39, 0.29) is 6.42 Å². The molecule has 3 amide bonds. The predicted molar refractivity (Wildman–Crippen MR) is 113 cm³/mol. The molecule has 32 heavy (non-hydrogen) atoms. The molecule has 0 aliphatic carbocycles. The zero-order valence-electron chi connectivity index (χ0n) is 17.7. The van der Waals surface area contributed by atoms with Crippen molar-refractivity contribution in [2.24, 2.45) is 0 Å². The van der Waals surface area contributed by atoms with Gasteiger partial charge in [0.15, 0.2) is 0 Å². The van der Waals surface area contributed by atoms with Crippen molar-refractivity contribution in [3.8, 4) is 0 Å². The van der Waals surface area contributed by atoms with Gasteiger partial charge in [-0.1, -0.05) is 30.3 Å². The van der Waals surface area contributed by atoms with Gasteiger partial charge in [0.1, 0.15) is 18.1 Å². The summed E-state index contributed by atoms with van der Waals surface area (Å²) in [6.07, 6.45) is 0.752. The van der Waals surface area contributed by atoms with Crippen molar-refractivity contribution in [1.29, 1.82) is 0 Å². The van der Waals surface area contributed by atoms with E-state index in [0.29, 0.717) is 18.5 Å². The van der Waals surface area contributed by atoms with Crippen LogP contribution in [0, 0.1) is 0 Å². The number of aliphatic carboxylic acids is 2. The zero-order chi connectivity index (χ0) is 23.7. The zero-order valence-corrected chi connectivity index (χ0v) is 17.7. The van der Waals surface area contributed by atoms with E-state index in [0.717, 1.165) is 6.42 Å². The molecule has 11 heteroatoms. The Morgan fingerprint density at radius 1 is 1.00 bits per heavy atom. The van der Waals surface area contributed by atoms with Crippen LogP contribution in [0.4, 0.5) is 0 Å². The van der Waals surface area contributed by atoms with E-state index in [1.165, 1.54) is 6.92 Å². The van der Waals surface area contributed by atoms with Crippen molar-refractivity contribution in [2.75, 3.05) is 6.54 Å². The Labute approximate surface area is 184 Å². The van der Waals surface area contributed by atoms with E-state index in [9.17, 15) is 29.1 Å². The van der Waals surface area contributed by atoms with Crippen LogP contribution in [-0.4, -0.2) is 70.6 Å². The van der Waals surface area contributed by atoms with Crippen molar-refractivity contribution >= 4 is 29.7 Å². The number of carbonyl (C=O) groups excluding carboxylic acids is 3. The molecule has 1 fully saturated rings. The summed E-state index contributed by atoms with van der Waals surface area (Å²) in [6, 6.07) is 4.48. The summed E-state index contributed by atoms with van der Waals surface area (Å²) < 4.78 is 0. The molecular formula is C21H28N4O7. The molecule has 1 aromatic carbocycles. The number of hydrogen-bond acceptors (Lipinski definition) is 6. The molecule has 4 atom stereocenters. The summed E-state index contributed by atoms with van der Waals surface area (Å²) in [6.45, 7) is 1.99. The van der Waals surface area contributed by atoms with Gasteiger partial charge < -0.3 is 31.5 Å². The van der Waals surface area contributed by atoms with Crippen molar-refractivity contribution < 1.29 is 34.2 Å². The van der Waals surface area contributed by atoms with Crippen LogP contribution in [0.5, 0.6) is 0 Å². The standard InChI is InChI=1S/C21H28N4O7/c1-12(18(28)25-16(21(31)32)10-13-6-3-2-4-7-13)23-20(30)15(11-17(26)27)24-19(29)14-8-5-9-22-14/h2-4,6-7,12,14-16,22H,5,8-11H2,1H3,(H,23,30)(H,24,29)(H,25,28)(H,26,27)(H,31,32). The molecule has 1 heterocycles. The van der Waals surface area contributed by atoms with Crippen LogP contribution in [0.25, 0.3) is 0 Å². The second-order valence-electron chi connectivity index (χ2n) is 7.63. The number of carboxylic acids is 2. The van der Waals surface area contributed by atoms with Crippen molar-refractivity contribution in [1.82, 2.24) is 21.3 Å². The quantitative estimate of drug-likeness (QED) is 0.250. The van der Waals surface area contributed by atoms with Gasteiger partial charge in [-0.05, 0) is 31.9 Å². The molecule has 0 spiro atoms. The highest BCUT2D eigenvalue weighted by Gasteiger charge is 2.31. The number of rotatable bonds is 11. The Morgan fingerprint density at radius 3 is 2.25 bits per heavy atom. The van der Waals surface area contributed by atoms with Crippen LogP contribution in [0.1, 0.15) is 31.7 Å². The minimum absolute atomic E-state index is 0.0503. The van der Waals surface area contributed by atoms with Gasteiger partial charge >= 0.3 is 11.9 Å². The lowest BCUT2D eigenvalue weighted by atomic mass is 10.1. The molecule has 4 unspecified atom stereocenters. The van der Waals surface area contributed by atoms with Crippen LogP contribution in [-0.2, 0) is 30.4 Å². The third-order valence-electron chi connectivity index (χ3n) is 5.04. The lowest BCUT2D eigenvalue weighted by molar-refractivity contribution is -0.143. The Bertz CT molecular complexity index is 840.